The maximum Gasteiger partial charge on any atom is 0.0299 e. The molecule has 0 aliphatic heterocycles. The molecule has 154 valence electrons. The van der Waals surface area contributed by atoms with Crippen LogP contribution in [0.2, 0.25) is 0 Å². The molecule has 0 saturated heterocycles. The second-order valence-corrected chi connectivity index (χ2v) is 9.86. The van der Waals surface area contributed by atoms with Gasteiger partial charge in [-0.25, -0.2) is 0 Å². The number of rotatable bonds is 7. The van der Waals surface area contributed by atoms with E-state index in [0.717, 1.165) is 25.7 Å². The van der Waals surface area contributed by atoms with Crippen molar-refractivity contribution in [1.82, 2.24) is 0 Å². The van der Waals surface area contributed by atoms with Gasteiger partial charge in [-0.05, 0) is 69.5 Å². The van der Waals surface area contributed by atoms with Gasteiger partial charge in [0.05, 0.1) is 0 Å². The Bertz CT molecular complexity index is 1100. The fourth-order valence-corrected chi connectivity index (χ4v) is 7.62. The lowest BCUT2D eigenvalue weighted by Gasteiger charge is -2.18. The van der Waals surface area contributed by atoms with E-state index in [1.807, 2.05) is 21.6 Å². The molecule has 4 aromatic rings. The van der Waals surface area contributed by atoms with Gasteiger partial charge in [0, 0.05) is 9.79 Å². The van der Waals surface area contributed by atoms with Gasteiger partial charge in [0.2, 0.25) is 0 Å². The highest BCUT2D eigenvalue weighted by molar-refractivity contribution is 8.76. The molecule has 0 nitrogen and oxygen atoms in total. The summed E-state index contributed by atoms with van der Waals surface area (Å²) in [7, 11) is 3.93. The Kier molecular flexibility index (Phi) is 6.75. The molecular weight excluding hydrogens is 400 g/mol. The van der Waals surface area contributed by atoms with Crippen LogP contribution in [0.1, 0.15) is 49.9 Å². The van der Waals surface area contributed by atoms with E-state index in [0.29, 0.717) is 0 Å². The molecule has 0 N–H and O–H groups in total. The Morgan fingerprint density at radius 2 is 0.933 bits per heavy atom. The molecule has 0 fully saturated rings. The third-order valence-corrected chi connectivity index (χ3v) is 8.67. The molecular formula is C28H30S2. The molecule has 0 aromatic heterocycles. The highest BCUT2D eigenvalue weighted by Gasteiger charge is 2.16. The summed E-state index contributed by atoms with van der Waals surface area (Å²) in [6, 6.07) is 22.5. The summed E-state index contributed by atoms with van der Waals surface area (Å²) in [5.41, 5.74) is 6.01. The number of benzene rings is 4. The maximum absolute atomic E-state index is 2.40. The van der Waals surface area contributed by atoms with Gasteiger partial charge < -0.3 is 0 Å². The van der Waals surface area contributed by atoms with Crippen molar-refractivity contribution in [2.75, 3.05) is 0 Å². The van der Waals surface area contributed by atoms with Crippen LogP contribution in [0.3, 0.4) is 0 Å². The fourth-order valence-electron chi connectivity index (χ4n) is 4.51. The number of fused-ring (bicyclic) bond motifs is 2. The van der Waals surface area contributed by atoms with Gasteiger partial charge in [-0.2, -0.15) is 0 Å². The summed E-state index contributed by atoms with van der Waals surface area (Å²) in [6.07, 6.45) is 4.32. The predicted octanol–water partition coefficient (Wildman–Crippen LogP) is 9.04. The molecule has 0 amide bonds. The molecule has 30 heavy (non-hydrogen) atoms. The monoisotopic (exact) mass is 430 g/mol. The Morgan fingerprint density at radius 3 is 1.30 bits per heavy atom. The van der Waals surface area contributed by atoms with Crippen LogP contribution in [0.5, 0.6) is 0 Å². The van der Waals surface area contributed by atoms with Gasteiger partial charge in [-0.1, -0.05) is 110 Å². The van der Waals surface area contributed by atoms with Gasteiger partial charge in [0.15, 0.2) is 0 Å². The lowest BCUT2D eigenvalue weighted by Crippen LogP contribution is -1.97. The lowest BCUT2D eigenvalue weighted by molar-refractivity contribution is 1.01. The highest BCUT2D eigenvalue weighted by Crippen LogP contribution is 2.47. The van der Waals surface area contributed by atoms with Crippen molar-refractivity contribution in [3.63, 3.8) is 0 Å². The van der Waals surface area contributed by atoms with E-state index in [9.17, 15) is 0 Å². The largest absolute Gasteiger partial charge is 0.0616 e. The van der Waals surface area contributed by atoms with Crippen LogP contribution in [0.15, 0.2) is 70.5 Å². The summed E-state index contributed by atoms with van der Waals surface area (Å²) < 4.78 is 0. The third-order valence-electron chi connectivity index (χ3n) is 6.07. The molecule has 0 radical (unpaired) electrons. The summed E-state index contributed by atoms with van der Waals surface area (Å²) in [4.78, 5) is 2.90. The molecule has 0 spiro atoms. The molecule has 0 bridgehead atoms. The Hall–Kier alpha value is -1.90. The van der Waals surface area contributed by atoms with E-state index in [4.69, 9.17) is 0 Å². The minimum atomic E-state index is 1.08. The molecule has 4 aromatic carbocycles. The van der Waals surface area contributed by atoms with Crippen molar-refractivity contribution < 1.29 is 0 Å². The van der Waals surface area contributed by atoms with Crippen LogP contribution >= 0.6 is 21.6 Å². The predicted molar refractivity (Wildman–Crippen MR) is 137 cm³/mol. The SMILES string of the molecule is CCc1cc2ccccc2c(SSc2c(CC)c(CC)cc3ccccc23)c1CC. The van der Waals surface area contributed by atoms with Gasteiger partial charge in [0.1, 0.15) is 0 Å². The van der Waals surface area contributed by atoms with E-state index in [-0.39, 0.29) is 0 Å². The molecule has 0 aliphatic rings. The van der Waals surface area contributed by atoms with Crippen LogP contribution in [-0.2, 0) is 25.7 Å². The highest BCUT2D eigenvalue weighted by atomic mass is 33.1. The van der Waals surface area contributed by atoms with E-state index in [1.165, 1.54) is 53.6 Å². The Labute approximate surface area is 188 Å². The molecule has 4 rings (SSSR count). The van der Waals surface area contributed by atoms with Crippen LogP contribution < -0.4 is 0 Å². The minimum Gasteiger partial charge on any atom is -0.0616 e. The van der Waals surface area contributed by atoms with Gasteiger partial charge in [0.25, 0.3) is 0 Å². The molecule has 0 unspecified atom stereocenters. The Morgan fingerprint density at radius 1 is 0.533 bits per heavy atom. The average Bonchev–Trinajstić information content (AvgIpc) is 2.80. The lowest BCUT2D eigenvalue weighted by atomic mass is 9.97. The summed E-state index contributed by atoms with van der Waals surface area (Å²) in [5, 5.41) is 5.49. The topological polar surface area (TPSA) is 0 Å². The zero-order chi connectivity index (χ0) is 21.1. The van der Waals surface area contributed by atoms with Crippen molar-refractivity contribution in [2.24, 2.45) is 0 Å². The van der Waals surface area contributed by atoms with E-state index < -0.39 is 0 Å². The van der Waals surface area contributed by atoms with Crippen molar-refractivity contribution >= 4 is 43.1 Å². The van der Waals surface area contributed by atoms with E-state index in [2.05, 4.69) is 88.4 Å². The zero-order valence-corrected chi connectivity index (χ0v) is 20.1. The van der Waals surface area contributed by atoms with Crippen LogP contribution in [0.25, 0.3) is 21.5 Å². The normalized spacial score (nSPS) is 11.5. The van der Waals surface area contributed by atoms with Gasteiger partial charge in [-0.15, -0.1) is 0 Å². The van der Waals surface area contributed by atoms with Gasteiger partial charge >= 0.3 is 0 Å². The molecule has 0 atom stereocenters. The summed E-state index contributed by atoms with van der Waals surface area (Å²) >= 11 is 0. The second-order valence-electron chi connectivity index (χ2n) is 7.71. The van der Waals surface area contributed by atoms with Gasteiger partial charge in [-0.3, -0.25) is 0 Å². The average molecular weight is 431 g/mol. The minimum absolute atomic E-state index is 1.08. The maximum atomic E-state index is 2.40. The van der Waals surface area contributed by atoms with Crippen LogP contribution in [-0.4, -0.2) is 0 Å². The van der Waals surface area contributed by atoms with Crippen molar-refractivity contribution in [3.8, 4) is 0 Å². The number of hydrogen-bond acceptors (Lipinski definition) is 2. The van der Waals surface area contributed by atoms with Crippen molar-refractivity contribution in [2.45, 2.75) is 63.2 Å². The fraction of sp³-hybridized carbons (Fsp3) is 0.286. The first-order chi connectivity index (χ1) is 14.7. The van der Waals surface area contributed by atoms with E-state index in [1.54, 1.807) is 0 Å². The quantitative estimate of drug-likeness (QED) is 0.268. The van der Waals surface area contributed by atoms with Crippen molar-refractivity contribution in [1.29, 1.82) is 0 Å². The first-order valence-electron chi connectivity index (χ1n) is 11.1. The number of aryl methyl sites for hydroxylation is 2. The Balaban J connectivity index is 1.86. The summed E-state index contributed by atoms with van der Waals surface area (Å²) in [6.45, 7) is 9.14. The first-order valence-corrected chi connectivity index (χ1v) is 13.3. The molecule has 0 saturated carbocycles. The second kappa shape index (κ2) is 9.49. The van der Waals surface area contributed by atoms with Crippen LogP contribution in [0, 0.1) is 0 Å². The van der Waals surface area contributed by atoms with Crippen LogP contribution in [0.4, 0.5) is 0 Å². The molecule has 0 aliphatic carbocycles. The standard InChI is InChI=1S/C28H30S2/c1-5-19-17-21-13-9-11-15-25(21)27(23(19)7-3)29-30-28-24(8-4)20(6-2)18-22-14-10-12-16-26(22)28/h9-18H,5-8H2,1-4H3. The first kappa shape index (κ1) is 21.3. The smallest absolute Gasteiger partial charge is 0.0299 e. The third kappa shape index (κ3) is 3.88. The van der Waals surface area contributed by atoms with Crippen molar-refractivity contribution in [3.05, 3.63) is 82.9 Å². The number of hydrogen-bond donors (Lipinski definition) is 0. The van der Waals surface area contributed by atoms with E-state index >= 15 is 0 Å². The summed E-state index contributed by atoms with van der Waals surface area (Å²) in [5.74, 6) is 0. The molecule has 2 heteroatoms. The molecule has 0 heterocycles. The zero-order valence-electron chi connectivity index (χ0n) is 18.4.